The molecule has 1 unspecified atom stereocenters. The molecule has 1 saturated heterocycles. The number of likely N-dealkylation sites (tertiary alicyclic amines) is 1. The maximum Gasteiger partial charge on any atom is 0.228 e. The van der Waals surface area contributed by atoms with Crippen LogP contribution in [0.4, 0.5) is 0 Å². The van der Waals surface area contributed by atoms with Crippen LogP contribution in [-0.4, -0.2) is 59.0 Å². The Labute approximate surface area is 127 Å². The van der Waals surface area contributed by atoms with E-state index in [1.54, 1.807) is 0 Å². The normalized spacial score (nSPS) is 22.8. The number of amides is 2. The SMILES string of the molecule is CC(C)CN1CC(C(=O)N(CCCO)C2CCC2)CC1=O. The molecule has 2 amide bonds. The summed E-state index contributed by atoms with van der Waals surface area (Å²) in [5, 5.41) is 9.02. The average molecular weight is 296 g/mol. The third-order valence-corrected chi connectivity index (χ3v) is 4.50. The van der Waals surface area contributed by atoms with Crippen LogP contribution in [0.2, 0.25) is 0 Å². The molecule has 1 saturated carbocycles. The molecule has 0 spiro atoms. The minimum absolute atomic E-state index is 0.109. The number of hydrogen-bond acceptors (Lipinski definition) is 3. The zero-order valence-electron chi connectivity index (χ0n) is 13.3. The van der Waals surface area contributed by atoms with Crippen molar-refractivity contribution in [2.45, 2.75) is 52.0 Å². The van der Waals surface area contributed by atoms with Crippen LogP contribution in [0, 0.1) is 11.8 Å². The smallest absolute Gasteiger partial charge is 0.228 e. The predicted molar refractivity (Wildman–Crippen MR) is 80.6 cm³/mol. The second kappa shape index (κ2) is 7.25. The number of carbonyl (C=O) groups is 2. The van der Waals surface area contributed by atoms with E-state index in [-0.39, 0.29) is 24.3 Å². The number of nitrogens with zero attached hydrogens (tertiary/aromatic N) is 2. The maximum atomic E-state index is 12.7. The van der Waals surface area contributed by atoms with Crippen molar-refractivity contribution in [2.24, 2.45) is 11.8 Å². The highest BCUT2D eigenvalue weighted by Crippen LogP contribution is 2.29. The summed E-state index contributed by atoms with van der Waals surface area (Å²) < 4.78 is 0. The molecule has 1 atom stereocenters. The molecule has 5 nitrogen and oxygen atoms in total. The van der Waals surface area contributed by atoms with Crippen molar-refractivity contribution in [1.82, 2.24) is 9.80 Å². The highest BCUT2D eigenvalue weighted by molar-refractivity contribution is 5.89. The van der Waals surface area contributed by atoms with Gasteiger partial charge < -0.3 is 14.9 Å². The third-order valence-electron chi connectivity index (χ3n) is 4.50. The largest absolute Gasteiger partial charge is 0.396 e. The van der Waals surface area contributed by atoms with Crippen molar-refractivity contribution in [3.63, 3.8) is 0 Å². The van der Waals surface area contributed by atoms with Gasteiger partial charge in [-0.05, 0) is 31.6 Å². The Hall–Kier alpha value is -1.10. The number of aliphatic hydroxyl groups is 1. The van der Waals surface area contributed by atoms with Crippen molar-refractivity contribution < 1.29 is 14.7 Å². The summed E-state index contributed by atoms with van der Waals surface area (Å²) >= 11 is 0. The topological polar surface area (TPSA) is 60.9 Å². The fraction of sp³-hybridized carbons (Fsp3) is 0.875. The second-order valence-electron chi connectivity index (χ2n) is 6.79. The van der Waals surface area contributed by atoms with Crippen LogP contribution in [-0.2, 0) is 9.59 Å². The van der Waals surface area contributed by atoms with Crippen molar-refractivity contribution in [1.29, 1.82) is 0 Å². The van der Waals surface area contributed by atoms with Crippen molar-refractivity contribution in [2.75, 3.05) is 26.2 Å². The monoisotopic (exact) mass is 296 g/mol. The molecule has 2 rings (SSSR count). The van der Waals surface area contributed by atoms with Gasteiger partial charge in [-0.1, -0.05) is 13.8 Å². The molecule has 0 aromatic heterocycles. The molecule has 2 aliphatic rings. The molecule has 2 fully saturated rings. The molecule has 5 heteroatoms. The van der Waals surface area contributed by atoms with E-state index in [0.717, 1.165) is 19.4 Å². The number of aliphatic hydroxyl groups excluding tert-OH is 1. The van der Waals surface area contributed by atoms with Gasteiger partial charge in [-0.25, -0.2) is 0 Å². The van der Waals surface area contributed by atoms with E-state index in [0.29, 0.717) is 37.9 Å². The predicted octanol–water partition coefficient (Wildman–Crippen LogP) is 1.25. The van der Waals surface area contributed by atoms with Gasteiger partial charge in [0, 0.05) is 38.7 Å². The van der Waals surface area contributed by atoms with Gasteiger partial charge in [0.2, 0.25) is 11.8 Å². The zero-order valence-corrected chi connectivity index (χ0v) is 13.3. The maximum absolute atomic E-state index is 12.7. The molecule has 21 heavy (non-hydrogen) atoms. The van der Waals surface area contributed by atoms with Crippen molar-refractivity contribution >= 4 is 11.8 Å². The Kier molecular flexibility index (Phi) is 5.62. The van der Waals surface area contributed by atoms with Gasteiger partial charge in [0.05, 0.1) is 5.92 Å². The Balaban J connectivity index is 1.95. The molecule has 120 valence electrons. The summed E-state index contributed by atoms with van der Waals surface area (Å²) in [5.74, 6) is 0.473. The van der Waals surface area contributed by atoms with E-state index in [4.69, 9.17) is 5.11 Å². The van der Waals surface area contributed by atoms with Crippen LogP contribution in [0.3, 0.4) is 0 Å². The lowest BCUT2D eigenvalue weighted by Crippen LogP contribution is -2.48. The Morgan fingerprint density at radius 1 is 1.43 bits per heavy atom. The van der Waals surface area contributed by atoms with Gasteiger partial charge in [-0.15, -0.1) is 0 Å². The first kappa shape index (κ1) is 16.3. The number of carbonyl (C=O) groups excluding carboxylic acids is 2. The third kappa shape index (κ3) is 3.96. The molecule has 1 heterocycles. The highest BCUT2D eigenvalue weighted by atomic mass is 16.3. The molecular weight excluding hydrogens is 268 g/mol. The number of rotatable bonds is 7. The van der Waals surface area contributed by atoms with Gasteiger partial charge >= 0.3 is 0 Å². The molecule has 1 aliphatic carbocycles. The van der Waals surface area contributed by atoms with Gasteiger partial charge in [0.15, 0.2) is 0 Å². The lowest BCUT2D eigenvalue weighted by atomic mass is 9.90. The first-order valence-electron chi connectivity index (χ1n) is 8.22. The fourth-order valence-electron chi connectivity index (χ4n) is 3.20. The average Bonchev–Trinajstić information content (AvgIpc) is 2.72. The van der Waals surface area contributed by atoms with E-state index >= 15 is 0 Å². The van der Waals surface area contributed by atoms with Crippen LogP contribution < -0.4 is 0 Å². The molecule has 1 N–H and O–H groups in total. The Morgan fingerprint density at radius 3 is 2.67 bits per heavy atom. The Morgan fingerprint density at radius 2 is 2.14 bits per heavy atom. The number of hydrogen-bond donors (Lipinski definition) is 1. The van der Waals surface area contributed by atoms with Crippen LogP contribution in [0.25, 0.3) is 0 Å². The fourth-order valence-corrected chi connectivity index (χ4v) is 3.20. The standard InChI is InChI=1S/C16H28N2O3/c1-12(2)10-17-11-13(9-15(17)20)16(21)18(7-4-8-19)14-5-3-6-14/h12-14,19H,3-11H2,1-2H3. The van der Waals surface area contributed by atoms with E-state index in [1.807, 2.05) is 9.80 Å². The second-order valence-corrected chi connectivity index (χ2v) is 6.79. The molecule has 1 aliphatic heterocycles. The summed E-state index contributed by atoms with van der Waals surface area (Å²) in [6.07, 6.45) is 4.28. The van der Waals surface area contributed by atoms with Crippen LogP contribution >= 0.6 is 0 Å². The minimum atomic E-state index is -0.185. The van der Waals surface area contributed by atoms with E-state index < -0.39 is 0 Å². The first-order valence-corrected chi connectivity index (χ1v) is 8.22. The van der Waals surface area contributed by atoms with E-state index in [1.165, 1.54) is 6.42 Å². The van der Waals surface area contributed by atoms with Crippen molar-refractivity contribution in [3.05, 3.63) is 0 Å². The molecule has 0 radical (unpaired) electrons. The summed E-state index contributed by atoms with van der Waals surface area (Å²) in [4.78, 5) is 28.5. The van der Waals surface area contributed by atoms with Gasteiger partial charge in [0.1, 0.15) is 0 Å². The molecule has 0 aromatic carbocycles. The van der Waals surface area contributed by atoms with E-state index in [9.17, 15) is 9.59 Å². The lowest BCUT2D eigenvalue weighted by molar-refractivity contribution is -0.140. The summed E-state index contributed by atoms with van der Waals surface area (Å²) in [6.45, 7) is 6.21. The summed E-state index contributed by atoms with van der Waals surface area (Å²) in [7, 11) is 0. The van der Waals surface area contributed by atoms with Crippen LogP contribution in [0.1, 0.15) is 46.0 Å². The Bertz CT molecular complexity index is 380. The molecule has 0 bridgehead atoms. The molecular formula is C16H28N2O3. The van der Waals surface area contributed by atoms with Gasteiger partial charge in [0.25, 0.3) is 0 Å². The summed E-state index contributed by atoms with van der Waals surface area (Å²) in [5.41, 5.74) is 0. The summed E-state index contributed by atoms with van der Waals surface area (Å²) in [6, 6.07) is 0.332. The highest BCUT2D eigenvalue weighted by Gasteiger charge is 2.39. The van der Waals surface area contributed by atoms with Crippen LogP contribution in [0.15, 0.2) is 0 Å². The first-order chi connectivity index (χ1) is 10.0. The zero-order chi connectivity index (χ0) is 15.4. The lowest BCUT2D eigenvalue weighted by Gasteiger charge is -2.39. The minimum Gasteiger partial charge on any atom is -0.396 e. The van der Waals surface area contributed by atoms with Gasteiger partial charge in [-0.2, -0.15) is 0 Å². The van der Waals surface area contributed by atoms with Crippen LogP contribution in [0.5, 0.6) is 0 Å². The van der Waals surface area contributed by atoms with Gasteiger partial charge in [-0.3, -0.25) is 9.59 Å². The molecule has 0 aromatic rings. The quantitative estimate of drug-likeness (QED) is 0.769. The van der Waals surface area contributed by atoms with E-state index in [2.05, 4.69) is 13.8 Å². The van der Waals surface area contributed by atoms with Crippen molar-refractivity contribution in [3.8, 4) is 0 Å².